The van der Waals surface area contributed by atoms with E-state index >= 15 is 0 Å². The first-order valence-electron chi connectivity index (χ1n) is 6.82. The molecule has 0 radical (unpaired) electrons. The molecule has 116 valence electrons. The Kier molecular flexibility index (Phi) is 4.11. The third kappa shape index (κ3) is 2.96. The lowest BCUT2D eigenvalue weighted by Crippen LogP contribution is -2.02. The number of hydrogen-bond donors (Lipinski definition) is 1. The fourth-order valence-corrected chi connectivity index (χ4v) is 2.74. The van der Waals surface area contributed by atoms with Gasteiger partial charge in [0.2, 0.25) is 0 Å². The lowest BCUT2D eigenvalue weighted by atomic mass is 10.1. The highest BCUT2D eigenvalue weighted by Gasteiger charge is 2.22. The first kappa shape index (κ1) is 15.6. The van der Waals surface area contributed by atoms with Crippen LogP contribution in [0, 0.1) is 6.92 Å². The molecule has 1 N–H and O–H groups in total. The Bertz CT molecular complexity index is 886. The lowest BCUT2D eigenvalue weighted by Gasteiger charge is -2.04. The molecule has 3 rings (SSSR count). The highest BCUT2D eigenvalue weighted by Crippen LogP contribution is 2.28. The van der Waals surface area contributed by atoms with Crippen LogP contribution in [0.2, 0.25) is 10.0 Å². The Hall–Kier alpha value is -2.30. The zero-order chi connectivity index (χ0) is 16.6. The molecule has 0 atom stereocenters. The van der Waals surface area contributed by atoms with Gasteiger partial charge in [0.15, 0.2) is 0 Å². The van der Waals surface area contributed by atoms with Gasteiger partial charge in [0.05, 0.1) is 11.4 Å². The van der Waals surface area contributed by atoms with Crippen molar-refractivity contribution in [1.29, 1.82) is 0 Å². The Morgan fingerprint density at radius 3 is 2.39 bits per heavy atom. The van der Waals surface area contributed by atoms with E-state index in [1.54, 1.807) is 54.1 Å². The second-order valence-electron chi connectivity index (χ2n) is 5.01. The van der Waals surface area contributed by atoms with Crippen LogP contribution >= 0.6 is 23.2 Å². The van der Waals surface area contributed by atoms with Gasteiger partial charge in [-0.2, -0.15) is 5.10 Å². The molecule has 0 amide bonds. The minimum Gasteiger partial charge on any atom is -0.478 e. The van der Waals surface area contributed by atoms with E-state index in [1.807, 2.05) is 6.07 Å². The molecule has 4 nitrogen and oxygen atoms in total. The van der Waals surface area contributed by atoms with Crippen molar-refractivity contribution in [2.75, 3.05) is 0 Å². The monoisotopic (exact) mass is 346 g/mol. The summed E-state index contributed by atoms with van der Waals surface area (Å²) in [4.78, 5) is 11.7. The molecular formula is C17H12Cl2N2O2. The van der Waals surface area contributed by atoms with Crippen molar-refractivity contribution >= 4 is 29.2 Å². The van der Waals surface area contributed by atoms with Crippen LogP contribution in [0.25, 0.3) is 16.9 Å². The standard InChI is InChI=1S/C17H12Cl2N2O2/c1-10-15(17(22)23)16(11-5-7-12(18)8-6-11)20-21(10)14-4-2-3-13(19)9-14/h2-9H,1H3,(H,22,23). The van der Waals surface area contributed by atoms with Crippen LogP contribution < -0.4 is 0 Å². The molecule has 0 saturated carbocycles. The van der Waals surface area contributed by atoms with E-state index in [9.17, 15) is 9.90 Å². The largest absolute Gasteiger partial charge is 0.478 e. The van der Waals surface area contributed by atoms with Crippen molar-refractivity contribution in [1.82, 2.24) is 9.78 Å². The molecule has 1 aromatic heterocycles. The number of hydrogen-bond acceptors (Lipinski definition) is 2. The van der Waals surface area contributed by atoms with E-state index in [2.05, 4.69) is 5.10 Å². The Balaban J connectivity index is 2.22. The van der Waals surface area contributed by atoms with E-state index in [-0.39, 0.29) is 5.56 Å². The molecule has 6 heteroatoms. The second-order valence-corrected chi connectivity index (χ2v) is 5.89. The number of carbonyl (C=O) groups is 1. The van der Waals surface area contributed by atoms with Gasteiger partial charge >= 0.3 is 5.97 Å². The zero-order valence-corrected chi connectivity index (χ0v) is 13.6. The molecule has 0 aliphatic heterocycles. The Labute approximate surface area is 142 Å². The minimum absolute atomic E-state index is 0.160. The molecule has 0 bridgehead atoms. The quantitative estimate of drug-likeness (QED) is 0.737. The summed E-state index contributed by atoms with van der Waals surface area (Å²) in [6, 6.07) is 14.0. The lowest BCUT2D eigenvalue weighted by molar-refractivity contribution is 0.0697. The van der Waals surface area contributed by atoms with Crippen molar-refractivity contribution in [2.24, 2.45) is 0 Å². The van der Waals surface area contributed by atoms with Gasteiger partial charge in [-0.25, -0.2) is 9.48 Å². The number of nitrogens with zero attached hydrogens (tertiary/aromatic N) is 2. The summed E-state index contributed by atoms with van der Waals surface area (Å²) in [5, 5.41) is 15.2. The summed E-state index contributed by atoms with van der Waals surface area (Å²) in [5.41, 5.74) is 2.48. The predicted octanol–water partition coefficient (Wildman–Crippen LogP) is 4.85. The molecule has 23 heavy (non-hydrogen) atoms. The number of benzene rings is 2. The number of aromatic nitrogens is 2. The van der Waals surface area contributed by atoms with Gasteiger partial charge in [-0.15, -0.1) is 0 Å². The van der Waals surface area contributed by atoms with Crippen molar-refractivity contribution in [2.45, 2.75) is 6.92 Å². The van der Waals surface area contributed by atoms with Gasteiger partial charge in [0.25, 0.3) is 0 Å². The van der Waals surface area contributed by atoms with Crippen LogP contribution in [0.15, 0.2) is 48.5 Å². The number of rotatable bonds is 3. The fourth-order valence-electron chi connectivity index (χ4n) is 2.43. The molecular weight excluding hydrogens is 335 g/mol. The summed E-state index contributed by atoms with van der Waals surface area (Å²) < 4.78 is 1.58. The van der Waals surface area contributed by atoms with Gasteiger partial charge in [0.1, 0.15) is 11.3 Å². The predicted molar refractivity (Wildman–Crippen MR) is 90.7 cm³/mol. The van der Waals surface area contributed by atoms with Crippen LogP contribution in [-0.4, -0.2) is 20.9 Å². The second kappa shape index (κ2) is 6.07. The van der Waals surface area contributed by atoms with E-state index < -0.39 is 5.97 Å². The molecule has 1 heterocycles. The molecule has 0 fully saturated rings. The van der Waals surface area contributed by atoms with Crippen molar-refractivity contribution in [3.8, 4) is 16.9 Å². The molecule has 0 saturated heterocycles. The number of aromatic carboxylic acids is 1. The van der Waals surface area contributed by atoms with Gasteiger partial charge in [-0.1, -0.05) is 41.4 Å². The smallest absolute Gasteiger partial charge is 0.339 e. The summed E-state index contributed by atoms with van der Waals surface area (Å²) in [6.07, 6.45) is 0. The van der Waals surface area contributed by atoms with Gasteiger partial charge in [-0.05, 0) is 37.3 Å². The number of carboxylic acid groups (broad SMARTS) is 1. The summed E-state index contributed by atoms with van der Waals surface area (Å²) >= 11 is 11.9. The number of carboxylic acids is 1. The summed E-state index contributed by atoms with van der Waals surface area (Å²) in [7, 11) is 0. The average Bonchev–Trinajstić information content (AvgIpc) is 2.85. The molecule has 3 aromatic rings. The third-order valence-corrected chi connectivity index (χ3v) is 3.99. The Morgan fingerprint density at radius 1 is 1.09 bits per heavy atom. The number of halogens is 2. The summed E-state index contributed by atoms with van der Waals surface area (Å²) in [6.45, 7) is 1.72. The molecule has 0 unspecified atom stereocenters. The molecule has 0 aliphatic carbocycles. The van der Waals surface area contributed by atoms with Crippen LogP contribution in [0.1, 0.15) is 16.1 Å². The van der Waals surface area contributed by atoms with E-state index in [4.69, 9.17) is 23.2 Å². The van der Waals surface area contributed by atoms with Crippen molar-refractivity contribution in [3.63, 3.8) is 0 Å². The van der Waals surface area contributed by atoms with Gasteiger partial charge in [-0.3, -0.25) is 0 Å². The van der Waals surface area contributed by atoms with Crippen LogP contribution in [0.5, 0.6) is 0 Å². The van der Waals surface area contributed by atoms with Crippen LogP contribution in [0.4, 0.5) is 0 Å². The maximum atomic E-state index is 11.7. The van der Waals surface area contributed by atoms with Crippen LogP contribution in [-0.2, 0) is 0 Å². The SMILES string of the molecule is Cc1c(C(=O)O)c(-c2ccc(Cl)cc2)nn1-c1cccc(Cl)c1. The van der Waals surface area contributed by atoms with E-state index in [0.29, 0.717) is 32.7 Å². The normalized spacial score (nSPS) is 10.7. The highest BCUT2D eigenvalue weighted by molar-refractivity contribution is 6.31. The third-order valence-electron chi connectivity index (χ3n) is 3.50. The van der Waals surface area contributed by atoms with Crippen molar-refractivity contribution in [3.05, 3.63) is 69.8 Å². The summed E-state index contributed by atoms with van der Waals surface area (Å²) in [5.74, 6) is -1.03. The van der Waals surface area contributed by atoms with Crippen molar-refractivity contribution < 1.29 is 9.90 Å². The topological polar surface area (TPSA) is 55.1 Å². The van der Waals surface area contributed by atoms with Gasteiger partial charge < -0.3 is 5.11 Å². The average molecular weight is 347 g/mol. The molecule has 0 aliphatic rings. The van der Waals surface area contributed by atoms with Gasteiger partial charge in [0, 0.05) is 15.6 Å². The molecule has 2 aromatic carbocycles. The van der Waals surface area contributed by atoms with E-state index in [0.717, 1.165) is 0 Å². The fraction of sp³-hybridized carbons (Fsp3) is 0.0588. The maximum Gasteiger partial charge on any atom is 0.339 e. The highest BCUT2D eigenvalue weighted by atomic mass is 35.5. The Morgan fingerprint density at radius 2 is 1.78 bits per heavy atom. The van der Waals surface area contributed by atoms with E-state index in [1.165, 1.54) is 0 Å². The maximum absolute atomic E-state index is 11.7. The molecule has 0 spiro atoms. The zero-order valence-electron chi connectivity index (χ0n) is 12.1. The van der Waals surface area contributed by atoms with Crippen LogP contribution in [0.3, 0.4) is 0 Å². The minimum atomic E-state index is -1.03. The first-order valence-corrected chi connectivity index (χ1v) is 7.58. The first-order chi connectivity index (χ1) is 11.0.